The average molecular weight is 253 g/mol. The van der Waals surface area contributed by atoms with Gasteiger partial charge in [0.25, 0.3) is 5.91 Å². The topological polar surface area (TPSA) is 46.9 Å². The first kappa shape index (κ1) is 12.9. The molecule has 0 unspecified atom stereocenters. The average Bonchev–Trinajstić information content (AvgIpc) is 2.57. The number of aromatic nitrogens is 2. The highest BCUT2D eigenvalue weighted by Crippen LogP contribution is 2.29. The van der Waals surface area contributed by atoms with Gasteiger partial charge in [-0.3, -0.25) is 4.79 Å². The Morgan fingerprint density at radius 2 is 2.31 bits per heavy atom. The summed E-state index contributed by atoms with van der Waals surface area (Å²) in [5.74, 6) is -0.507. The molecule has 0 spiro atoms. The van der Waals surface area contributed by atoms with Gasteiger partial charge in [-0.2, -0.15) is 13.2 Å². The standard InChI is InChI=1S/C8H10F3N3OS/c1-14-4-2-12-6(14)7(15)13-3-5-16-8(9,10)11/h2,4H,3,5H2,1H3,(H,13,15). The number of hydrogen-bond acceptors (Lipinski definition) is 3. The highest BCUT2D eigenvalue weighted by Gasteiger charge is 2.27. The largest absolute Gasteiger partial charge is 0.441 e. The van der Waals surface area contributed by atoms with Crippen molar-refractivity contribution in [3.8, 4) is 0 Å². The zero-order valence-corrected chi connectivity index (χ0v) is 9.23. The van der Waals surface area contributed by atoms with Crippen molar-refractivity contribution in [1.29, 1.82) is 0 Å². The number of aryl methyl sites for hydroxylation is 1. The molecule has 1 aromatic heterocycles. The highest BCUT2D eigenvalue weighted by atomic mass is 32.2. The molecule has 0 saturated carbocycles. The van der Waals surface area contributed by atoms with Crippen LogP contribution in [0.4, 0.5) is 13.2 Å². The zero-order chi connectivity index (χ0) is 12.2. The van der Waals surface area contributed by atoms with Gasteiger partial charge in [0.05, 0.1) is 0 Å². The number of nitrogens with zero attached hydrogens (tertiary/aromatic N) is 2. The fourth-order valence-corrected chi connectivity index (χ4v) is 1.43. The summed E-state index contributed by atoms with van der Waals surface area (Å²) in [5, 5.41) is 2.36. The maximum absolute atomic E-state index is 11.8. The van der Waals surface area contributed by atoms with Crippen LogP contribution in [0.1, 0.15) is 10.6 Å². The Hall–Kier alpha value is -1.18. The number of imidazole rings is 1. The summed E-state index contributed by atoms with van der Waals surface area (Å²) < 4.78 is 36.7. The third-order valence-electron chi connectivity index (χ3n) is 1.68. The zero-order valence-electron chi connectivity index (χ0n) is 8.41. The predicted octanol–water partition coefficient (Wildman–Crippen LogP) is 1.40. The van der Waals surface area contributed by atoms with Gasteiger partial charge in [0, 0.05) is 31.7 Å². The highest BCUT2D eigenvalue weighted by molar-refractivity contribution is 8.00. The number of alkyl halides is 3. The summed E-state index contributed by atoms with van der Waals surface area (Å²) in [7, 11) is 1.63. The van der Waals surface area contributed by atoms with Gasteiger partial charge in [0.1, 0.15) is 0 Å². The summed E-state index contributed by atoms with van der Waals surface area (Å²) in [6, 6.07) is 0. The third kappa shape index (κ3) is 4.13. The van der Waals surface area contributed by atoms with E-state index in [-0.39, 0.29) is 29.9 Å². The van der Waals surface area contributed by atoms with Crippen LogP contribution in [0.3, 0.4) is 0 Å². The monoisotopic (exact) mass is 253 g/mol. The molecule has 0 bridgehead atoms. The Morgan fingerprint density at radius 3 is 2.81 bits per heavy atom. The van der Waals surface area contributed by atoms with Gasteiger partial charge in [-0.25, -0.2) is 4.98 Å². The van der Waals surface area contributed by atoms with Crippen molar-refractivity contribution in [2.45, 2.75) is 5.51 Å². The molecular formula is C8H10F3N3OS. The first-order valence-electron chi connectivity index (χ1n) is 4.36. The molecule has 0 saturated heterocycles. The normalized spacial score (nSPS) is 11.5. The molecule has 1 heterocycles. The molecule has 0 atom stereocenters. The number of nitrogens with one attached hydrogen (secondary N) is 1. The van der Waals surface area contributed by atoms with Gasteiger partial charge in [-0.15, -0.1) is 0 Å². The van der Waals surface area contributed by atoms with Crippen LogP contribution < -0.4 is 5.32 Å². The summed E-state index contributed by atoms with van der Waals surface area (Å²) in [4.78, 5) is 15.1. The van der Waals surface area contributed by atoms with Crippen molar-refractivity contribution < 1.29 is 18.0 Å². The fourth-order valence-electron chi connectivity index (χ4n) is 0.995. The molecule has 1 rings (SSSR count). The maximum atomic E-state index is 11.8. The fraction of sp³-hybridized carbons (Fsp3) is 0.500. The van der Waals surface area contributed by atoms with Crippen molar-refractivity contribution in [2.24, 2.45) is 7.05 Å². The van der Waals surface area contributed by atoms with E-state index in [1.54, 1.807) is 13.2 Å². The van der Waals surface area contributed by atoms with Crippen molar-refractivity contribution in [3.63, 3.8) is 0 Å². The number of amides is 1. The summed E-state index contributed by atoms with van der Waals surface area (Å²) >= 11 is -0.165. The molecule has 0 fully saturated rings. The van der Waals surface area contributed by atoms with E-state index in [9.17, 15) is 18.0 Å². The van der Waals surface area contributed by atoms with Gasteiger partial charge >= 0.3 is 5.51 Å². The molecule has 1 N–H and O–H groups in total. The van der Waals surface area contributed by atoms with Gasteiger partial charge in [-0.1, -0.05) is 0 Å². The lowest BCUT2D eigenvalue weighted by molar-refractivity contribution is -0.0327. The minimum Gasteiger partial charge on any atom is -0.349 e. The quantitative estimate of drug-likeness (QED) is 0.825. The van der Waals surface area contributed by atoms with E-state index in [2.05, 4.69) is 10.3 Å². The van der Waals surface area contributed by atoms with Crippen LogP contribution >= 0.6 is 11.8 Å². The number of carbonyl (C=O) groups excluding carboxylic acids is 1. The molecule has 0 aliphatic rings. The molecule has 4 nitrogen and oxygen atoms in total. The smallest absolute Gasteiger partial charge is 0.349 e. The van der Waals surface area contributed by atoms with Crippen molar-refractivity contribution in [2.75, 3.05) is 12.3 Å². The lowest BCUT2D eigenvalue weighted by Crippen LogP contribution is -2.28. The van der Waals surface area contributed by atoms with E-state index in [0.29, 0.717) is 0 Å². The molecule has 1 amide bonds. The Morgan fingerprint density at radius 1 is 1.62 bits per heavy atom. The molecule has 1 aromatic rings. The third-order valence-corrected chi connectivity index (χ3v) is 2.41. The molecule has 0 radical (unpaired) electrons. The molecule has 0 aromatic carbocycles. The van der Waals surface area contributed by atoms with Crippen molar-refractivity contribution >= 4 is 17.7 Å². The number of thioether (sulfide) groups is 1. The summed E-state index contributed by atoms with van der Waals surface area (Å²) in [5.41, 5.74) is -4.26. The van der Waals surface area contributed by atoms with Crippen molar-refractivity contribution in [1.82, 2.24) is 14.9 Å². The van der Waals surface area contributed by atoms with Crippen LogP contribution in [0, 0.1) is 0 Å². The predicted molar refractivity (Wildman–Crippen MR) is 54.1 cm³/mol. The molecular weight excluding hydrogens is 243 g/mol. The van der Waals surface area contributed by atoms with Gasteiger partial charge in [-0.05, 0) is 11.8 Å². The molecule has 90 valence electrons. The minimum absolute atomic E-state index is 0.0458. The second kappa shape index (κ2) is 5.24. The maximum Gasteiger partial charge on any atom is 0.441 e. The Kier molecular flexibility index (Phi) is 4.22. The van der Waals surface area contributed by atoms with E-state index in [0.717, 1.165) is 0 Å². The van der Waals surface area contributed by atoms with Crippen LogP contribution in [0.25, 0.3) is 0 Å². The van der Waals surface area contributed by atoms with Gasteiger partial charge in [0.15, 0.2) is 5.82 Å². The molecule has 0 aliphatic heterocycles. The second-order valence-corrected chi connectivity index (χ2v) is 4.07. The number of hydrogen-bond donors (Lipinski definition) is 1. The van der Waals surface area contributed by atoms with Gasteiger partial charge in [0.2, 0.25) is 0 Å². The molecule has 0 aliphatic carbocycles. The summed E-state index contributed by atoms with van der Waals surface area (Å²) in [6.07, 6.45) is 3.03. The van der Waals surface area contributed by atoms with E-state index in [1.807, 2.05) is 0 Å². The Labute approximate surface area is 94.2 Å². The van der Waals surface area contributed by atoms with Crippen molar-refractivity contribution in [3.05, 3.63) is 18.2 Å². The van der Waals surface area contributed by atoms with Gasteiger partial charge < -0.3 is 9.88 Å². The Balaban J connectivity index is 2.29. The first-order valence-corrected chi connectivity index (χ1v) is 5.35. The van der Waals surface area contributed by atoms with Crippen LogP contribution in [-0.2, 0) is 7.05 Å². The van der Waals surface area contributed by atoms with Crippen LogP contribution in [0.15, 0.2) is 12.4 Å². The molecule has 16 heavy (non-hydrogen) atoms. The number of rotatable bonds is 4. The Bertz CT molecular complexity index is 364. The van der Waals surface area contributed by atoms with E-state index in [4.69, 9.17) is 0 Å². The van der Waals surface area contributed by atoms with Crippen LogP contribution in [0.2, 0.25) is 0 Å². The number of carbonyl (C=O) groups is 1. The summed E-state index contributed by atoms with van der Waals surface area (Å²) in [6.45, 7) is -0.0458. The van der Waals surface area contributed by atoms with Crippen LogP contribution in [0.5, 0.6) is 0 Å². The van der Waals surface area contributed by atoms with E-state index < -0.39 is 11.4 Å². The van der Waals surface area contributed by atoms with E-state index >= 15 is 0 Å². The van der Waals surface area contributed by atoms with Crippen LogP contribution in [-0.4, -0.2) is 33.3 Å². The lowest BCUT2D eigenvalue weighted by Gasteiger charge is -2.06. The lowest BCUT2D eigenvalue weighted by atomic mass is 10.5. The first-order chi connectivity index (χ1) is 7.40. The molecule has 8 heteroatoms. The number of halogens is 3. The minimum atomic E-state index is -4.26. The SMILES string of the molecule is Cn1ccnc1C(=O)NCCSC(F)(F)F. The second-order valence-electron chi connectivity index (χ2n) is 2.91. The van der Waals surface area contributed by atoms with E-state index in [1.165, 1.54) is 10.8 Å².